The Kier molecular flexibility index (Phi) is 14.7. The van der Waals surface area contributed by atoms with Crippen LogP contribution in [-0.4, -0.2) is 71.6 Å². The number of esters is 4. The topological polar surface area (TPSA) is 163 Å². The number of carbonyl (C=O) groups is 5. The predicted molar refractivity (Wildman–Crippen MR) is 109 cm³/mol. The lowest BCUT2D eigenvalue weighted by molar-refractivity contribution is -0.185. The highest BCUT2D eigenvalue weighted by Crippen LogP contribution is 2.19. The number of aliphatic carboxylic acids is 1. The molecule has 1 atom stereocenters. The Labute approximate surface area is 187 Å². The summed E-state index contributed by atoms with van der Waals surface area (Å²) in [5.41, 5.74) is -2.84. The summed E-state index contributed by atoms with van der Waals surface area (Å²) in [5.74, 6) is -6.64. The van der Waals surface area contributed by atoms with Crippen molar-refractivity contribution < 1.29 is 53.1 Å². The maximum absolute atomic E-state index is 12.3. The quantitative estimate of drug-likeness (QED) is 0.139. The number of hydrogen-bond donors (Lipinski definition) is 2. The molecule has 11 heteroatoms. The summed E-state index contributed by atoms with van der Waals surface area (Å²) in [5, 5.41) is 19.6. The number of rotatable bonds is 17. The second kappa shape index (κ2) is 16.0. The molecule has 1 unspecified atom stereocenters. The third-order valence-electron chi connectivity index (χ3n) is 4.19. The van der Waals surface area contributed by atoms with Gasteiger partial charge in [0.1, 0.15) is 0 Å². The van der Waals surface area contributed by atoms with Crippen molar-refractivity contribution in [2.75, 3.05) is 19.8 Å². The summed E-state index contributed by atoms with van der Waals surface area (Å²) in [6.45, 7) is 5.55. The van der Waals surface area contributed by atoms with Crippen molar-refractivity contribution in [1.82, 2.24) is 0 Å². The second-order valence-corrected chi connectivity index (χ2v) is 7.18. The Bertz CT molecular complexity index is 609. The molecule has 0 fully saturated rings. The maximum atomic E-state index is 12.3. The van der Waals surface area contributed by atoms with Crippen LogP contribution in [0.5, 0.6) is 0 Å². The van der Waals surface area contributed by atoms with Gasteiger partial charge in [-0.05, 0) is 19.3 Å². The van der Waals surface area contributed by atoms with Gasteiger partial charge in [-0.25, -0.2) is 14.4 Å². The molecule has 2 N–H and O–H groups in total. The SMILES string of the molecule is CCCCOC(=O)CC(O)(CC(=O)OC(C(=O)OCCCC)C(=O)OCCCC)C(=O)O. The van der Waals surface area contributed by atoms with Gasteiger partial charge in [0.15, 0.2) is 5.60 Å². The van der Waals surface area contributed by atoms with Crippen molar-refractivity contribution in [1.29, 1.82) is 0 Å². The van der Waals surface area contributed by atoms with E-state index in [1.807, 2.05) is 20.8 Å². The summed E-state index contributed by atoms with van der Waals surface area (Å²) < 4.78 is 19.4. The van der Waals surface area contributed by atoms with E-state index in [4.69, 9.17) is 18.9 Å². The molecule has 0 aromatic carbocycles. The number of unbranched alkanes of at least 4 members (excludes halogenated alkanes) is 3. The molecule has 0 aromatic heterocycles. The molecular formula is C21H34O11. The van der Waals surface area contributed by atoms with Crippen LogP contribution in [0.2, 0.25) is 0 Å². The van der Waals surface area contributed by atoms with E-state index in [1.54, 1.807) is 0 Å². The Balaban J connectivity index is 5.22. The fourth-order valence-corrected chi connectivity index (χ4v) is 2.22. The van der Waals surface area contributed by atoms with Crippen molar-refractivity contribution in [2.24, 2.45) is 0 Å². The average Bonchev–Trinajstić information content (AvgIpc) is 2.72. The van der Waals surface area contributed by atoms with Crippen molar-refractivity contribution in [2.45, 2.75) is 83.8 Å². The van der Waals surface area contributed by atoms with Gasteiger partial charge in [0.2, 0.25) is 0 Å². The summed E-state index contributed by atoms with van der Waals surface area (Å²) >= 11 is 0. The molecule has 0 saturated heterocycles. The van der Waals surface area contributed by atoms with Crippen LogP contribution in [0.15, 0.2) is 0 Å². The molecule has 0 bridgehead atoms. The largest absolute Gasteiger partial charge is 0.479 e. The molecule has 0 saturated carbocycles. The Morgan fingerprint density at radius 1 is 0.719 bits per heavy atom. The van der Waals surface area contributed by atoms with Gasteiger partial charge in [-0.15, -0.1) is 0 Å². The van der Waals surface area contributed by atoms with E-state index in [0.29, 0.717) is 32.1 Å². The zero-order valence-corrected chi connectivity index (χ0v) is 18.9. The number of aliphatic hydroxyl groups is 1. The molecule has 0 aliphatic carbocycles. The van der Waals surface area contributed by atoms with E-state index in [2.05, 4.69) is 0 Å². The summed E-state index contributed by atoms with van der Waals surface area (Å²) in [4.78, 5) is 59.9. The minimum atomic E-state index is -2.84. The fourth-order valence-electron chi connectivity index (χ4n) is 2.22. The van der Waals surface area contributed by atoms with Gasteiger partial charge in [0.25, 0.3) is 6.10 Å². The molecule has 0 rings (SSSR count). The predicted octanol–water partition coefficient (Wildman–Crippen LogP) is 1.52. The van der Waals surface area contributed by atoms with Crippen molar-refractivity contribution in [3.63, 3.8) is 0 Å². The first-order chi connectivity index (χ1) is 15.1. The summed E-state index contributed by atoms with van der Waals surface area (Å²) in [6.07, 6.45) is -0.594. The average molecular weight is 462 g/mol. The van der Waals surface area contributed by atoms with E-state index in [9.17, 15) is 34.2 Å². The molecule has 32 heavy (non-hydrogen) atoms. The molecule has 0 radical (unpaired) electrons. The monoisotopic (exact) mass is 462 g/mol. The van der Waals surface area contributed by atoms with Crippen LogP contribution < -0.4 is 0 Å². The minimum Gasteiger partial charge on any atom is -0.479 e. The first-order valence-corrected chi connectivity index (χ1v) is 10.7. The third-order valence-corrected chi connectivity index (χ3v) is 4.19. The van der Waals surface area contributed by atoms with Crippen LogP contribution in [0.3, 0.4) is 0 Å². The van der Waals surface area contributed by atoms with Gasteiger partial charge >= 0.3 is 29.8 Å². The highest BCUT2D eigenvalue weighted by Gasteiger charge is 2.44. The van der Waals surface area contributed by atoms with E-state index in [1.165, 1.54) is 0 Å². The van der Waals surface area contributed by atoms with Crippen LogP contribution in [0, 0.1) is 0 Å². The van der Waals surface area contributed by atoms with Gasteiger partial charge in [-0.3, -0.25) is 9.59 Å². The molecule has 11 nitrogen and oxygen atoms in total. The molecule has 0 aromatic rings. The van der Waals surface area contributed by atoms with Crippen LogP contribution in [0.25, 0.3) is 0 Å². The molecule has 0 aliphatic heterocycles. The lowest BCUT2D eigenvalue weighted by atomic mass is 9.96. The zero-order valence-electron chi connectivity index (χ0n) is 18.9. The Morgan fingerprint density at radius 3 is 1.53 bits per heavy atom. The van der Waals surface area contributed by atoms with Crippen molar-refractivity contribution in [3.05, 3.63) is 0 Å². The minimum absolute atomic E-state index is 0.0196. The third kappa shape index (κ3) is 11.6. The number of carboxylic acids is 1. The molecular weight excluding hydrogens is 428 g/mol. The second-order valence-electron chi connectivity index (χ2n) is 7.18. The fraction of sp³-hybridized carbons (Fsp3) is 0.762. The van der Waals surface area contributed by atoms with Crippen LogP contribution in [0.4, 0.5) is 0 Å². The normalized spacial score (nSPS) is 12.5. The van der Waals surface area contributed by atoms with E-state index in [0.717, 1.165) is 6.42 Å². The highest BCUT2D eigenvalue weighted by atomic mass is 16.6. The molecule has 0 aliphatic rings. The lowest BCUT2D eigenvalue weighted by Gasteiger charge is -2.22. The number of carbonyl (C=O) groups excluding carboxylic acids is 4. The zero-order chi connectivity index (χ0) is 24.6. The van der Waals surface area contributed by atoms with Gasteiger partial charge in [-0.1, -0.05) is 40.0 Å². The molecule has 0 heterocycles. The first-order valence-electron chi connectivity index (χ1n) is 10.7. The Hall–Kier alpha value is -2.69. The van der Waals surface area contributed by atoms with Crippen LogP contribution >= 0.6 is 0 Å². The number of carboxylic acid groups (broad SMARTS) is 1. The number of ether oxygens (including phenoxy) is 4. The lowest BCUT2D eigenvalue weighted by Crippen LogP contribution is -2.45. The standard InChI is InChI=1S/C21H34O11/c1-4-7-10-29-15(22)13-21(28,20(26)27)14-16(23)32-17(18(24)30-11-8-5-2)19(25)31-12-9-6-3/h17,28H,4-14H2,1-3H3,(H,26,27). The molecule has 184 valence electrons. The van der Waals surface area contributed by atoms with Gasteiger partial charge in [0, 0.05) is 0 Å². The van der Waals surface area contributed by atoms with Crippen LogP contribution in [0.1, 0.15) is 72.1 Å². The van der Waals surface area contributed by atoms with Crippen molar-refractivity contribution >= 4 is 29.8 Å². The summed E-state index contributed by atoms with van der Waals surface area (Å²) in [7, 11) is 0. The first kappa shape index (κ1) is 29.3. The van der Waals surface area contributed by atoms with Gasteiger partial charge in [0.05, 0.1) is 32.7 Å². The maximum Gasteiger partial charge on any atom is 0.359 e. The molecule has 0 amide bonds. The smallest absolute Gasteiger partial charge is 0.359 e. The van der Waals surface area contributed by atoms with E-state index < -0.39 is 54.4 Å². The van der Waals surface area contributed by atoms with Gasteiger partial charge < -0.3 is 29.2 Å². The molecule has 0 spiro atoms. The Morgan fingerprint density at radius 2 is 1.12 bits per heavy atom. The van der Waals surface area contributed by atoms with E-state index in [-0.39, 0.29) is 19.8 Å². The van der Waals surface area contributed by atoms with Crippen LogP contribution in [-0.2, 0) is 42.9 Å². The summed E-state index contributed by atoms with van der Waals surface area (Å²) in [6, 6.07) is 0. The highest BCUT2D eigenvalue weighted by molar-refractivity contribution is 6.00. The number of hydrogen-bond acceptors (Lipinski definition) is 10. The van der Waals surface area contributed by atoms with Crippen molar-refractivity contribution in [3.8, 4) is 0 Å². The van der Waals surface area contributed by atoms with Gasteiger partial charge in [-0.2, -0.15) is 0 Å². The van der Waals surface area contributed by atoms with E-state index >= 15 is 0 Å².